The zero-order valence-electron chi connectivity index (χ0n) is 15.8. The van der Waals surface area contributed by atoms with Gasteiger partial charge in [-0.2, -0.15) is 13.2 Å². The van der Waals surface area contributed by atoms with Crippen molar-refractivity contribution in [3.63, 3.8) is 0 Å². The molecule has 0 nitrogen and oxygen atoms in total. The summed E-state index contributed by atoms with van der Waals surface area (Å²) in [6.07, 6.45) is -5.21. The predicted octanol–water partition coefficient (Wildman–Crippen LogP) is 7.93. The SMILES string of the molecule is CC.Cc1ccc(-c2ccc(-c3cc(F)c(C(F)(F)F)c(F)c3)c(F)c2)c(F)c1. The smallest absolute Gasteiger partial charge is 0.206 e. The van der Waals surface area contributed by atoms with Crippen LogP contribution < -0.4 is 0 Å². The molecule has 29 heavy (non-hydrogen) atoms. The van der Waals surface area contributed by atoms with Gasteiger partial charge in [0.25, 0.3) is 0 Å². The van der Waals surface area contributed by atoms with Crippen molar-refractivity contribution in [3.8, 4) is 22.3 Å². The third kappa shape index (κ3) is 4.78. The molecule has 0 aliphatic carbocycles. The second kappa shape index (κ2) is 8.68. The summed E-state index contributed by atoms with van der Waals surface area (Å²) in [6.45, 7) is 5.68. The van der Waals surface area contributed by atoms with Crippen molar-refractivity contribution in [2.45, 2.75) is 26.9 Å². The van der Waals surface area contributed by atoms with Crippen molar-refractivity contribution in [2.24, 2.45) is 0 Å². The van der Waals surface area contributed by atoms with Crippen LogP contribution in [-0.4, -0.2) is 0 Å². The fourth-order valence-corrected chi connectivity index (χ4v) is 2.77. The van der Waals surface area contributed by atoms with Crippen LogP contribution in [0.3, 0.4) is 0 Å². The van der Waals surface area contributed by atoms with Crippen molar-refractivity contribution < 1.29 is 30.7 Å². The lowest BCUT2D eigenvalue weighted by Gasteiger charge is -2.12. The van der Waals surface area contributed by atoms with Crippen LogP contribution in [0.4, 0.5) is 30.7 Å². The topological polar surface area (TPSA) is 0 Å². The molecule has 0 aliphatic heterocycles. The van der Waals surface area contributed by atoms with Gasteiger partial charge in [-0.15, -0.1) is 0 Å². The Bertz CT molecular complexity index is 997. The van der Waals surface area contributed by atoms with Crippen molar-refractivity contribution in [2.75, 3.05) is 0 Å². The lowest BCUT2D eigenvalue weighted by atomic mass is 9.97. The first-order valence-electron chi connectivity index (χ1n) is 8.70. The van der Waals surface area contributed by atoms with Gasteiger partial charge in [0.05, 0.1) is 0 Å². The Hall–Kier alpha value is -2.83. The third-order valence-corrected chi connectivity index (χ3v) is 4.04. The van der Waals surface area contributed by atoms with E-state index in [-0.39, 0.29) is 16.7 Å². The first kappa shape index (κ1) is 22.5. The molecule has 0 saturated heterocycles. The van der Waals surface area contributed by atoms with Crippen LogP contribution in [0.5, 0.6) is 0 Å². The molecule has 0 saturated carbocycles. The second-order valence-corrected chi connectivity index (χ2v) is 5.99. The fourth-order valence-electron chi connectivity index (χ4n) is 2.77. The molecule has 0 aliphatic rings. The highest BCUT2D eigenvalue weighted by Gasteiger charge is 2.38. The predicted molar refractivity (Wildman–Crippen MR) is 98.2 cm³/mol. The second-order valence-electron chi connectivity index (χ2n) is 5.99. The van der Waals surface area contributed by atoms with Crippen molar-refractivity contribution >= 4 is 0 Å². The Morgan fingerprint density at radius 2 is 1.03 bits per heavy atom. The molecule has 0 unspecified atom stereocenters. The molecule has 154 valence electrons. The van der Waals surface area contributed by atoms with Gasteiger partial charge < -0.3 is 0 Å². The van der Waals surface area contributed by atoms with Crippen LogP contribution in [0.2, 0.25) is 0 Å². The molecule has 0 atom stereocenters. The average molecular weight is 414 g/mol. The number of rotatable bonds is 2. The largest absolute Gasteiger partial charge is 0.422 e. The van der Waals surface area contributed by atoms with Crippen LogP contribution in [0, 0.1) is 30.2 Å². The van der Waals surface area contributed by atoms with E-state index in [0.29, 0.717) is 17.7 Å². The summed E-state index contributed by atoms with van der Waals surface area (Å²) in [5.74, 6) is -5.21. The Labute approximate surface area is 163 Å². The van der Waals surface area contributed by atoms with Gasteiger partial charge in [-0.3, -0.25) is 0 Å². The first-order valence-corrected chi connectivity index (χ1v) is 8.70. The standard InChI is InChI=1S/C20H11F7.C2H6/c1-10-2-4-13(15(21)6-10)11-3-5-14(16(22)7-11)12-8-17(23)19(18(24)9-12)20(25,26)27;1-2/h2-9H,1H3;1-2H3. The Morgan fingerprint density at radius 3 is 1.52 bits per heavy atom. The van der Waals surface area contributed by atoms with E-state index in [9.17, 15) is 30.7 Å². The number of hydrogen-bond acceptors (Lipinski definition) is 0. The summed E-state index contributed by atoms with van der Waals surface area (Å²) in [5, 5.41) is 0. The lowest BCUT2D eigenvalue weighted by Crippen LogP contribution is -2.11. The highest BCUT2D eigenvalue weighted by Crippen LogP contribution is 2.37. The molecular weight excluding hydrogens is 397 g/mol. The van der Waals surface area contributed by atoms with Crippen molar-refractivity contribution in [3.05, 3.63) is 82.9 Å². The van der Waals surface area contributed by atoms with Crippen LogP contribution in [0.1, 0.15) is 25.0 Å². The summed E-state index contributed by atoms with van der Waals surface area (Å²) in [5.41, 5.74) is -1.77. The maximum absolute atomic E-state index is 14.4. The van der Waals surface area contributed by atoms with E-state index in [1.165, 1.54) is 18.2 Å². The third-order valence-electron chi connectivity index (χ3n) is 4.04. The van der Waals surface area contributed by atoms with Gasteiger partial charge in [0, 0.05) is 11.1 Å². The van der Waals surface area contributed by atoms with E-state index >= 15 is 0 Å². The number of aryl methyl sites for hydroxylation is 1. The number of hydrogen-bond donors (Lipinski definition) is 0. The molecule has 0 spiro atoms. The molecular formula is C22H17F7. The zero-order valence-corrected chi connectivity index (χ0v) is 15.8. The maximum Gasteiger partial charge on any atom is 0.422 e. The van der Waals surface area contributed by atoms with Gasteiger partial charge in [0.1, 0.15) is 28.8 Å². The molecule has 3 rings (SSSR count). The summed E-state index contributed by atoms with van der Waals surface area (Å²) in [7, 11) is 0. The minimum absolute atomic E-state index is 0.121. The summed E-state index contributed by atoms with van der Waals surface area (Å²) in [4.78, 5) is 0. The fraction of sp³-hybridized carbons (Fsp3) is 0.182. The van der Waals surface area contributed by atoms with Gasteiger partial charge in [0.15, 0.2) is 0 Å². The van der Waals surface area contributed by atoms with Crippen LogP contribution in [0.15, 0.2) is 48.5 Å². The molecule has 0 fully saturated rings. The minimum atomic E-state index is -5.21. The average Bonchev–Trinajstić information content (AvgIpc) is 2.61. The molecule has 3 aromatic rings. The quantitative estimate of drug-likeness (QED) is 0.374. The van der Waals surface area contributed by atoms with Crippen LogP contribution >= 0.6 is 0 Å². The van der Waals surface area contributed by atoms with E-state index in [4.69, 9.17) is 0 Å². The van der Waals surface area contributed by atoms with E-state index in [0.717, 1.165) is 12.1 Å². The number of benzene rings is 3. The van der Waals surface area contributed by atoms with E-state index in [1.54, 1.807) is 13.0 Å². The molecule has 0 bridgehead atoms. The van der Waals surface area contributed by atoms with Gasteiger partial charge in [-0.05, 0) is 47.9 Å². The van der Waals surface area contributed by atoms with Gasteiger partial charge in [-0.25, -0.2) is 17.6 Å². The van der Waals surface area contributed by atoms with Crippen LogP contribution in [-0.2, 0) is 6.18 Å². The first-order chi connectivity index (χ1) is 13.6. The highest BCUT2D eigenvalue weighted by atomic mass is 19.4. The Kier molecular flexibility index (Phi) is 6.72. The number of halogens is 7. The van der Waals surface area contributed by atoms with E-state index in [1.807, 2.05) is 13.8 Å². The molecule has 0 heterocycles. The monoisotopic (exact) mass is 414 g/mol. The molecule has 3 aromatic carbocycles. The summed E-state index contributed by atoms with van der Waals surface area (Å²) in [6, 6.07) is 8.58. The molecule has 7 heteroatoms. The van der Waals surface area contributed by atoms with Gasteiger partial charge in [-0.1, -0.05) is 38.1 Å². The molecule has 0 amide bonds. The molecule has 0 radical (unpaired) electrons. The summed E-state index contributed by atoms with van der Waals surface area (Å²) >= 11 is 0. The lowest BCUT2D eigenvalue weighted by molar-refractivity contribution is -0.142. The Balaban J connectivity index is 0.00000145. The van der Waals surface area contributed by atoms with E-state index in [2.05, 4.69) is 0 Å². The molecule has 0 aromatic heterocycles. The number of alkyl halides is 3. The maximum atomic E-state index is 14.4. The molecule has 0 N–H and O–H groups in total. The van der Waals surface area contributed by atoms with Gasteiger partial charge in [0.2, 0.25) is 0 Å². The van der Waals surface area contributed by atoms with Crippen molar-refractivity contribution in [1.82, 2.24) is 0 Å². The Morgan fingerprint density at radius 1 is 0.586 bits per heavy atom. The minimum Gasteiger partial charge on any atom is -0.206 e. The highest BCUT2D eigenvalue weighted by molar-refractivity contribution is 5.72. The summed E-state index contributed by atoms with van der Waals surface area (Å²) < 4.78 is 93.8. The van der Waals surface area contributed by atoms with E-state index < -0.39 is 40.6 Å². The zero-order chi connectivity index (χ0) is 21.9. The normalized spacial score (nSPS) is 11.1. The van der Waals surface area contributed by atoms with Crippen LogP contribution in [0.25, 0.3) is 22.3 Å². The van der Waals surface area contributed by atoms with Gasteiger partial charge >= 0.3 is 6.18 Å². The van der Waals surface area contributed by atoms with Crippen molar-refractivity contribution in [1.29, 1.82) is 0 Å².